The smallest absolute Gasteiger partial charge is 0.205 e. The molecule has 0 bridgehead atoms. The van der Waals surface area contributed by atoms with E-state index >= 15 is 0 Å². The van der Waals surface area contributed by atoms with Crippen molar-refractivity contribution in [3.05, 3.63) is 11.9 Å². The Labute approximate surface area is 103 Å². The number of nitrogens with zero attached hydrogens (tertiary/aromatic N) is 3. The minimum absolute atomic E-state index is 0.297. The molecule has 1 aromatic rings. The van der Waals surface area contributed by atoms with Crippen LogP contribution in [-0.4, -0.2) is 28.7 Å². The number of nitrogens with two attached hydrogens (primary N) is 1. The maximum absolute atomic E-state index is 6.00. The van der Waals surface area contributed by atoms with E-state index < -0.39 is 0 Å². The van der Waals surface area contributed by atoms with Crippen molar-refractivity contribution in [1.82, 2.24) is 9.55 Å². The summed E-state index contributed by atoms with van der Waals surface area (Å²) in [5.41, 5.74) is 7.13. The molecule has 0 radical (unpaired) electrons. The molecule has 1 aliphatic carbocycles. The van der Waals surface area contributed by atoms with E-state index in [2.05, 4.69) is 29.5 Å². The van der Waals surface area contributed by atoms with Crippen molar-refractivity contribution in [2.45, 2.75) is 45.2 Å². The van der Waals surface area contributed by atoms with Crippen LogP contribution < -0.4 is 10.6 Å². The minimum atomic E-state index is 0.297. The number of imidazole rings is 1. The normalized spacial score (nSPS) is 26.5. The van der Waals surface area contributed by atoms with Crippen molar-refractivity contribution in [3.63, 3.8) is 0 Å². The van der Waals surface area contributed by atoms with Crippen molar-refractivity contribution in [2.75, 3.05) is 18.0 Å². The molecule has 2 heterocycles. The van der Waals surface area contributed by atoms with Crippen LogP contribution >= 0.6 is 0 Å². The summed E-state index contributed by atoms with van der Waals surface area (Å²) >= 11 is 0. The van der Waals surface area contributed by atoms with Gasteiger partial charge in [-0.15, -0.1) is 0 Å². The lowest BCUT2D eigenvalue weighted by Crippen LogP contribution is -2.30. The van der Waals surface area contributed by atoms with Crippen molar-refractivity contribution in [3.8, 4) is 0 Å². The van der Waals surface area contributed by atoms with Crippen LogP contribution in [0.4, 0.5) is 5.95 Å². The van der Waals surface area contributed by atoms with Crippen LogP contribution in [0.15, 0.2) is 6.20 Å². The van der Waals surface area contributed by atoms with E-state index in [1.165, 1.54) is 25.2 Å². The fraction of sp³-hybridized carbons (Fsp3) is 0.769. The van der Waals surface area contributed by atoms with Gasteiger partial charge < -0.3 is 15.2 Å². The zero-order valence-corrected chi connectivity index (χ0v) is 10.8. The molecule has 2 unspecified atom stereocenters. The van der Waals surface area contributed by atoms with Crippen LogP contribution in [0.2, 0.25) is 0 Å². The topological polar surface area (TPSA) is 47.1 Å². The van der Waals surface area contributed by atoms with E-state index in [-0.39, 0.29) is 0 Å². The standard InChI is InChI=1S/C13H22N4/c1-9-7-17(12-3-4-12)13(15-9)16-6-5-11(8-16)10(2)14/h7,10-12H,3-6,8,14H2,1-2H3. The molecular formula is C13H22N4. The van der Waals surface area contributed by atoms with Gasteiger partial charge in [0.1, 0.15) is 0 Å². The predicted octanol–water partition coefficient (Wildman–Crippen LogP) is 1.70. The van der Waals surface area contributed by atoms with Crippen LogP contribution in [0.25, 0.3) is 0 Å². The highest BCUT2D eigenvalue weighted by Crippen LogP contribution is 2.39. The third-order valence-corrected chi connectivity index (χ3v) is 4.02. The third kappa shape index (κ3) is 2.06. The number of hydrogen-bond donors (Lipinski definition) is 1. The lowest BCUT2D eigenvalue weighted by molar-refractivity contribution is 0.487. The van der Waals surface area contributed by atoms with Crippen molar-refractivity contribution in [1.29, 1.82) is 0 Å². The van der Waals surface area contributed by atoms with Gasteiger partial charge in [-0.3, -0.25) is 0 Å². The lowest BCUT2D eigenvalue weighted by Gasteiger charge is -2.20. The van der Waals surface area contributed by atoms with E-state index in [0.717, 1.165) is 18.8 Å². The number of aryl methyl sites for hydroxylation is 1. The van der Waals surface area contributed by atoms with Gasteiger partial charge in [-0.25, -0.2) is 4.98 Å². The van der Waals surface area contributed by atoms with Gasteiger partial charge in [0, 0.05) is 31.4 Å². The summed E-state index contributed by atoms with van der Waals surface area (Å²) in [5, 5.41) is 0. The number of hydrogen-bond acceptors (Lipinski definition) is 3. The highest BCUT2D eigenvalue weighted by atomic mass is 15.3. The molecule has 94 valence electrons. The lowest BCUT2D eigenvalue weighted by atomic mass is 10.0. The Morgan fingerprint density at radius 2 is 2.18 bits per heavy atom. The minimum Gasteiger partial charge on any atom is -0.342 e. The van der Waals surface area contributed by atoms with Crippen molar-refractivity contribution >= 4 is 5.95 Å². The molecule has 0 aromatic carbocycles. The third-order valence-electron chi connectivity index (χ3n) is 4.02. The van der Waals surface area contributed by atoms with E-state index in [4.69, 9.17) is 10.7 Å². The summed E-state index contributed by atoms with van der Waals surface area (Å²) in [6.07, 6.45) is 6.03. The quantitative estimate of drug-likeness (QED) is 0.866. The fourth-order valence-corrected chi connectivity index (χ4v) is 2.76. The Hall–Kier alpha value is -1.03. The largest absolute Gasteiger partial charge is 0.342 e. The average molecular weight is 234 g/mol. The van der Waals surface area contributed by atoms with Crippen molar-refractivity contribution in [2.24, 2.45) is 11.7 Å². The first-order chi connectivity index (χ1) is 8.15. The van der Waals surface area contributed by atoms with Gasteiger partial charge in [-0.2, -0.15) is 0 Å². The van der Waals surface area contributed by atoms with E-state index in [1.807, 2.05) is 0 Å². The van der Waals surface area contributed by atoms with Crippen LogP contribution in [0.5, 0.6) is 0 Å². The Morgan fingerprint density at radius 3 is 2.76 bits per heavy atom. The van der Waals surface area contributed by atoms with Crippen LogP contribution in [0, 0.1) is 12.8 Å². The summed E-state index contributed by atoms with van der Waals surface area (Å²) in [6.45, 7) is 6.38. The van der Waals surface area contributed by atoms with Gasteiger partial charge in [0.05, 0.1) is 5.69 Å². The Bertz CT molecular complexity index is 406. The summed E-state index contributed by atoms with van der Waals surface area (Å²) in [4.78, 5) is 7.11. The van der Waals surface area contributed by atoms with Gasteiger partial charge >= 0.3 is 0 Å². The average Bonchev–Trinajstić information content (AvgIpc) is 2.87. The van der Waals surface area contributed by atoms with Gasteiger partial charge in [0.25, 0.3) is 0 Å². The molecule has 4 heteroatoms. The number of aromatic nitrogens is 2. The molecule has 2 fully saturated rings. The maximum atomic E-state index is 6.00. The van der Waals surface area contributed by atoms with E-state index in [9.17, 15) is 0 Å². The first kappa shape index (κ1) is 11.1. The molecule has 1 saturated carbocycles. The predicted molar refractivity (Wildman–Crippen MR) is 69.2 cm³/mol. The maximum Gasteiger partial charge on any atom is 0.205 e. The summed E-state index contributed by atoms with van der Waals surface area (Å²) in [7, 11) is 0. The molecule has 17 heavy (non-hydrogen) atoms. The summed E-state index contributed by atoms with van der Waals surface area (Å²) in [6, 6.07) is 1.01. The highest BCUT2D eigenvalue weighted by Gasteiger charge is 2.32. The Kier molecular flexibility index (Phi) is 2.62. The molecule has 0 amide bonds. The van der Waals surface area contributed by atoms with Gasteiger partial charge in [-0.05, 0) is 39.0 Å². The molecule has 2 atom stereocenters. The highest BCUT2D eigenvalue weighted by molar-refractivity contribution is 5.36. The number of anilines is 1. The Morgan fingerprint density at radius 1 is 1.41 bits per heavy atom. The summed E-state index contributed by atoms with van der Waals surface area (Å²) in [5.74, 6) is 1.80. The molecule has 1 aromatic heterocycles. The molecule has 1 aliphatic heterocycles. The molecule has 2 N–H and O–H groups in total. The molecule has 3 rings (SSSR count). The van der Waals surface area contributed by atoms with Crippen LogP contribution in [0.3, 0.4) is 0 Å². The second-order valence-corrected chi connectivity index (χ2v) is 5.67. The first-order valence-electron chi connectivity index (χ1n) is 6.71. The molecule has 1 saturated heterocycles. The molecular weight excluding hydrogens is 212 g/mol. The SMILES string of the molecule is Cc1cn(C2CC2)c(N2CCC(C(C)N)C2)n1. The van der Waals surface area contributed by atoms with Gasteiger partial charge in [-0.1, -0.05) is 0 Å². The van der Waals surface area contributed by atoms with E-state index in [0.29, 0.717) is 18.0 Å². The van der Waals surface area contributed by atoms with E-state index in [1.54, 1.807) is 0 Å². The number of rotatable bonds is 3. The monoisotopic (exact) mass is 234 g/mol. The zero-order chi connectivity index (χ0) is 12.0. The molecule has 0 spiro atoms. The van der Waals surface area contributed by atoms with Crippen molar-refractivity contribution < 1.29 is 0 Å². The fourth-order valence-electron chi connectivity index (χ4n) is 2.76. The summed E-state index contributed by atoms with van der Waals surface area (Å²) < 4.78 is 2.37. The molecule has 2 aliphatic rings. The molecule has 4 nitrogen and oxygen atoms in total. The van der Waals surface area contributed by atoms with Gasteiger partial charge in [0.2, 0.25) is 5.95 Å². The first-order valence-corrected chi connectivity index (χ1v) is 6.71. The second-order valence-electron chi connectivity index (χ2n) is 5.67. The van der Waals surface area contributed by atoms with Crippen LogP contribution in [0.1, 0.15) is 37.9 Å². The second kappa shape index (κ2) is 4.02. The Balaban J connectivity index is 1.80. The van der Waals surface area contributed by atoms with Gasteiger partial charge in [0.15, 0.2) is 0 Å². The van der Waals surface area contributed by atoms with Crippen LogP contribution in [-0.2, 0) is 0 Å². The zero-order valence-electron chi connectivity index (χ0n) is 10.8.